The quantitative estimate of drug-likeness (QED) is 0.519. The van der Waals surface area contributed by atoms with Crippen LogP contribution in [0.1, 0.15) is 45.6 Å². The van der Waals surface area contributed by atoms with Crippen molar-refractivity contribution in [3.8, 4) is 0 Å². The van der Waals surface area contributed by atoms with Crippen LogP contribution in [-0.2, 0) is 4.57 Å². The van der Waals surface area contributed by atoms with Gasteiger partial charge in [0.2, 0.25) is 0 Å². The van der Waals surface area contributed by atoms with E-state index in [2.05, 4.69) is 62.1 Å². The third-order valence-corrected chi connectivity index (χ3v) is 6.96. The molecule has 1 aromatic rings. The molecule has 130 valence electrons. The number of hydrogen-bond donors (Lipinski definition) is 0. The van der Waals surface area contributed by atoms with E-state index < -0.39 is 7.14 Å². The van der Waals surface area contributed by atoms with Gasteiger partial charge in [0.15, 0.2) is 0 Å². The molecule has 0 aliphatic rings. The fourth-order valence-electron chi connectivity index (χ4n) is 2.62. The maximum atomic E-state index is 12.1. The fourth-order valence-corrected chi connectivity index (χ4v) is 3.42. The highest BCUT2D eigenvalue weighted by Crippen LogP contribution is 2.44. The Morgan fingerprint density at radius 3 is 2.43 bits per heavy atom. The lowest BCUT2D eigenvalue weighted by Crippen LogP contribution is -2.26. The van der Waals surface area contributed by atoms with Crippen molar-refractivity contribution in [2.75, 3.05) is 33.0 Å². The Morgan fingerprint density at radius 2 is 1.87 bits per heavy atom. The summed E-state index contributed by atoms with van der Waals surface area (Å²) >= 11 is 0. The van der Waals surface area contributed by atoms with Gasteiger partial charge in [-0.2, -0.15) is 0 Å². The second kappa shape index (κ2) is 10.1. The predicted octanol–water partition coefficient (Wildman–Crippen LogP) is 5.59. The van der Waals surface area contributed by atoms with Gasteiger partial charge in [-0.3, -0.25) is 4.90 Å². The normalized spacial score (nSPS) is 14.3. The average molecular weight is 335 g/mol. The summed E-state index contributed by atoms with van der Waals surface area (Å²) in [4.78, 5) is 2.51. The van der Waals surface area contributed by atoms with Crippen LogP contribution < -0.4 is 0 Å². The van der Waals surface area contributed by atoms with Crippen LogP contribution in [0.25, 0.3) is 5.57 Å². The molecule has 0 spiro atoms. The van der Waals surface area contributed by atoms with Gasteiger partial charge in [0.1, 0.15) is 0 Å². The number of hydrogen-bond acceptors (Lipinski definition) is 2. The van der Waals surface area contributed by atoms with Gasteiger partial charge < -0.3 is 4.57 Å². The summed E-state index contributed by atoms with van der Waals surface area (Å²) in [6.45, 7) is 13.6. The molecule has 3 heteroatoms. The Bertz CT molecular complexity index is 518. The minimum atomic E-state index is -1.93. The molecule has 0 N–H and O–H groups in total. The minimum Gasteiger partial charge on any atom is -0.324 e. The van der Waals surface area contributed by atoms with Crippen molar-refractivity contribution in [2.45, 2.75) is 45.7 Å². The SMILES string of the molecule is CCCN(C/C=C(\C)c1ccccc1)CCCC(C)P(C)(C)=O. The highest BCUT2D eigenvalue weighted by Gasteiger charge is 2.17. The van der Waals surface area contributed by atoms with E-state index >= 15 is 0 Å². The molecule has 0 heterocycles. The Kier molecular flexibility index (Phi) is 8.87. The summed E-state index contributed by atoms with van der Waals surface area (Å²) in [5.41, 5.74) is 2.98. The molecule has 2 nitrogen and oxygen atoms in total. The molecular formula is C20H34NOP. The van der Waals surface area contributed by atoms with Crippen LogP contribution in [0.15, 0.2) is 36.4 Å². The van der Waals surface area contributed by atoms with E-state index in [-0.39, 0.29) is 0 Å². The van der Waals surface area contributed by atoms with Gasteiger partial charge in [-0.1, -0.05) is 50.3 Å². The van der Waals surface area contributed by atoms with Crippen LogP contribution in [0.5, 0.6) is 0 Å². The third kappa shape index (κ3) is 7.99. The first-order valence-electron chi connectivity index (χ1n) is 8.83. The average Bonchev–Trinajstić information content (AvgIpc) is 2.52. The Morgan fingerprint density at radius 1 is 1.22 bits per heavy atom. The van der Waals surface area contributed by atoms with E-state index in [1.165, 1.54) is 17.6 Å². The van der Waals surface area contributed by atoms with Crippen molar-refractivity contribution in [3.05, 3.63) is 42.0 Å². The Labute approximate surface area is 143 Å². The summed E-state index contributed by atoms with van der Waals surface area (Å²) in [7, 11) is -1.93. The maximum Gasteiger partial charge on any atom is 0.0845 e. The molecule has 0 fully saturated rings. The predicted molar refractivity (Wildman–Crippen MR) is 105 cm³/mol. The zero-order valence-electron chi connectivity index (χ0n) is 15.6. The molecule has 0 saturated heterocycles. The molecule has 0 aliphatic carbocycles. The highest BCUT2D eigenvalue weighted by molar-refractivity contribution is 7.63. The molecule has 0 aliphatic heterocycles. The van der Waals surface area contributed by atoms with Gasteiger partial charge >= 0.3 is 0 Å². The number of allylic oxidation sites excluding steroid dienone is 1. The van der Waals surface area contributed by atoms with Crippen molar-refractivity contribution >= 4 is 12.7 Å². The smallest absolute Gasteiger partial charge is 0.0845 e. The maximum absolute atomic E-state index is 12.1. The molecule has 1 aromatic carbocycles. The van der Waals surface area contributed by atoms with Crippen LogP contribution >= 0.6 is 7.14 Å². The topological polar surface area (TPSA) is 20.3 Å². The van der Waals surface area contributed by atoms with Crippen molar-refractivity contribution in [2.24, 2.45) is 0 Å². The third-order valence-electron chi connectivity index (χ3n) is 4.58. The second-order valence-electron chi connectivity index (χ2n) is 6.98. The van der Waals surface area contributed by atoms with Gasteiger partial charge in [-0.25, -0.2) is 0 Å². The molecular weight excluding hydrogens is 301 g/mol. The van der Waals surface area contributed by atoms with E-state index in [9.17, 15) is 4.57 Å². The summed E-state index contributed by atoms with van der Waals surface area (Å²) < 4.78 is 12.1. The lowest BCUT2D eigenvalue weighted by molar-refractivity contribution is 0.296. The molecule has 1 atom stereocenters. The van der Waals surface area contributed by atoms with Crippen LogP contribution in [0, 0.1) is 0 Å². The summed E-state index contributed by atoms with van der Waals surface area (Å²) in [6.07, 6.45) is 5.70. The molecule has 1 rings (SSSR count). The zero-order valence-corrected chi connectivity index (χ0v) is 16.5. The Balaban J connectivity index is 2.50. The molecule has 0 bridgehead atoms. The van der Waals surface area contributed by atoms with Gasteiger partial charge in [0, 0.05) is 12.2 Å². The van der Waals surface area contributed by atoms with Crippen LogP contribution in [0.3, 0.4) is 0 Å². The van der Waals surface area contributed by atoms with Crippen molar-refractivity contribution in [1.29, 1.82) is 0 Å². The standard InChI is InChI=1S/C20H34NOP/c1-6-15-21(16-10-11-19(3)23(4,5)22)17-14-18(2)20-12-8-7-9-13-20/h7-9,12-14,19H,6,10-11,15-17H2,1-5H3/b18-14+. The molecule has 23 heavy (non-hydrogen) atoms. The first-order chi connectivity index (χ1) is 10.8. The van der Waals surface area contributed by atoms with Gasteiger partial charge in [0.25, 0.3) is 0 Å². The first kappa shape index (κ1) is 20.2. The zero-order chi connectivity index (χ0) is 17.3. The summed E-state index contributed by atoms with van der Waals surface area (Å²) in [5.74, 6) is 0. The second-order valence-corrected chi connectivity index (χ2v) is 10.7. The van der Waals surface area contributed by atoms with Crippen LogP contribution in [-0.4, -0.2) is 43.5 Å². The number of benzene rings is 1. The van der Waals surface area contributed by atoms with Gasteiger partial charge in [-0.15, -0.1) is 0 Å². The molecule has 0 radical (unpaired) electrons. The van der Waals surface area contributed by atoms with Crippen LogP contribution in [0.4, 0.5) is 0 Å². The van der Waals surface area contributed by atoms with Crippen LogP contribution in [0.2, 0.25) is 0 Å². The van der Waals surface area contributed by atoms with E-state index in [1.807, 2.05) is 13.3 Å². The first-order valence-corrected chi connectivity index (χ1v) is 11.5. The lowest BCUT2D eigenvalue weighted by atomic mass is 10.1. The van der Waals surface area contributed by atoms with E-state index in [4.69, 9.17) is 0 Å². The van der Waals surface area contributed by atoms with Crippen molar-refractivity contribution < 1.29 is 4.57 Å². The molecule has 0 amide bonds. The summed E-state index contributed by atoms with van der Waals surface area (Å²) in [6, 6.07) is 10.6. The largest absolute Gasteiger partial charge is 0.324 e. The Hall–Kier alpha value is -0.850. The molecule has 0 aromatic heterocycles. The van der Waals surface area contributed by atoms with Crippen molar-refractivity contribution in [1.82, 2.24) is 4.90 Å². The number of nitrogens with zero attached hydrogens (tertiary/aromatic N) is 1. The highest BCUT2D eigenvalue weighted by atomic mass is 31.2. The van der Waals surface area contributed by atoms with E-state index in [0.717, 1.165) is 32.5 Å². The molecule has 0 saturated carbocycles. The summed E-state index contributed by atoms with van der Waals surface area (Å²) in [5, 5.41) is 0. The minimum absolute atomic E-state index is 0.340. The fraction of sp³-hybridized carbons (Fsp3) is 0.600. The number of rotatable bonds is 10. The monoisotopic (exact) mass is 335 g/mol. The van der Waals surface area contributed by atoms with E-state index in [1.54, 1.807) is 0 Å². The lowest BCUT2D eigenvalue weighted by Gasteiger charge is -2.22. The van der Waals surface area contributed by atoms with Gasteiger partial charge in [0.05, 0.1) is 7.14 Å². The van der Waals surface area contributed by atoms with E-state index in [0.29, 0.717) is 5.66 Å². The molecule has 1 unspecified atom stereocenters. The van der Waals surface area contributed by atoms with Crippen molar-refractivity contribution in [3.63, 3.8) is 0 Å². The van der Waals surface area contributed by atoms with Gasteiger partial charge in [-0.05, 0) is 63.7 Å².